The molecule has 7 N–H and O–H groups in total. The molecule has 0 spiro atoms. The van der Waals surface area contributed by atoms with Crippen LogP contribution in [0.15, 0.2) is 147 Å². The monoisotopic (exact) mass is 2130 g/mol. The van der Waals surface area contributed by atoms with Gasteiger partial charge in [-0.15, -0.1) is 11.5 Å². The summed E-state index contributed by atoms with van der Waals surface area (Å²) in [5, 5.41) is 39.0. The van der Waals surface area contributed by atoms with Gasteiger partial charge in [0.2, 0.25) is 41.3 Å². The molecule has 0 aliphatic carbocycles. The third-order valence-corrected chi connectivity index (χ3v) is 26.1. The minimum Gasteiger partial charge on any atom is -0.362 e. The third kappa shape index (κ3) is 23.1. The van der Waals surface area contributed by atoms with Crippen molar-refractivity contribution in [3.63, 3.8) is 0 Å². The minimum absolute atomic E-state index is 0.0920. The number of fused-ring (bicyclic) bond motifs is 6. The van der Waals surface area contributed by atoms with E-state index in [0.29, 0.717) is 59.3 Å². The zero-order valence-corrected chi connectivity index (χ0v) is 79.3. The number of carbonyl (C=O) groups is 12. The summed E-state index contributed by atoms with van der Waals surface area (Å²) < 4.78 is 19.5. The van der Waals surface area contributed by atoms with Crippen LogP contribution in [0.1, 0.15) is 245 Å². The van der Waals surface area contributed by atoms with Gasteiger partial charge in [0.05, 0.1) is 97.7 Å². The number of rotatable bonds is 27. The molecule has 0 radical (unpaired) electrons. The first-order valence-corrected chi connectivity index (χ1v) is 47.5. The number of piperidine rings is 3. The second-order valence-electron chi connectivity index (χ2n) is 32.2. The number of H-pyrrole nitrogens is 2. The first-order chi connectivity index (χ1) is 63.4. The van der Waals surface area contributed by atoms with Gasteiger partial charge in [-0.25, -0.2) is 0 Å². The molecule has 14 heterocycles. The average Bonchev–Trinajstić information content (AvgIpc) is 1.61. The fourth-order valence-electron chi connectivity index (χ4n) is 16.6. The Morgan fingerprint density at radius 3 is 1.34 bits per heavy atom. The zero-order valence-electron chi connectivity index (χ0n) is 72.0. The van der Waals surface area contributed by atoms with Crippen molar-refractivity contribution in [2.45, 2.75) is 206 Å². The number of hydrogen-bond acceptors (Lipinski definition) is 21. The molecule has 33 nitrogen and oxygen atoms in total. The van der Waals surface area contributed by atoms with Crippen LogP contribution in [0.5, 0.6) is 0 Å². The summed E-state index contributed by atoms with van der Waals surface area (Å²) in [6.07, 6.45) is 37.5. The number of amides is 12. The summed E-state index contributed by atoms with van der Waals surface area (Å²) in [7, 11) is 0. The molecule has 12 amide bonds. The van der Waals surface area contributed by atoms with Gasteiger partial charge in [-0.3, -0.25) is 112 Å². The van der Waals surface area contributed by atoms with E-state index >= 15 is 0 Å². The summed E-state index contributed by atoms with van der Waals surface area (Å²) in [6, 6.07) is 23.3. The van der Waals surface area contributed by atoms with Gasteiger partial charge in [0.1, 0.15) is 24.2 Å². The number of nitrogens with two attached hydrogens (primary N) is 1. The van der Waals surface area contributed by atoms with Crippen molar-refractivity contribution in [1.82, 2.24) is 90.2 Å². The third-order valence-electron chi connectivity index (χ3n) is 23.2. The SMILES string of the molecule is C#Cc1cnn(CCCCCc2cccc3c2C(=O)N(C2CCC(=O)NC2=O)C3=O)c1.Cc1[nH]nc2[n+]1-c1sc(C#Cc3cnn(CCCCCc4cccc5c4C(=O)N(C4CCC(=O)NC4=O)C5=O)c3)c(Cc3ccccc3)c1CO[C@H]2C.Ic1cn[nH]c1.NCCCCn1cc(I)cn1.O=C1CCC(N2C(=O)c3cccc(CCCCCn4cc(I)cn4)c3C2=O)C(=O)N1. The standard InChI is InChI=1S/C40H37N7O5S.C23H22N4O4.C21H21IN4O4.C7H12IN3.C3H3IN2/c1-24-36-44-43-25(2)46(36)40-31(23-52-24)30(20-26-10-5-3-6-11-26)33(53-40)17-15-27-21-41-45(22-27)19-8-4-7-12-28-13-9-14-29-35(28)39(51)47(38(29)50)32-16-18-34(48)42-37(32)49;1-2-15-13-24-26(14-15)12-5-3-4-7-16-8-6-9-17-20(16)23(31)27(22(17)30)18-10-11-19(28)25-21(18)29;22-14-11-23-25(12-14)10-3-1-2-5-13-6-4-7-15-18(13)21(30)26(20(15)29)16-8-9-17(27)24-19(16)28;8-7-5-10-11(6-7)4-2-1-3-9;4-3-1-5-6-2-3/h3,5-6,9-11,13-14,21-22,24,32H,4,7-8,12,16,18-20,23H2,1-2H3,(H,42,48,49);1,6,8-9,13-14,18H,3-5,7,10-12H2,(H,25,28,29);4,6-7,11-12,16H,1-3,5,8-10H2,(H,24,27,28);5-6H,1-4,9H2;1-2H,(H,5,6)/p+1/t24-,32?;;;;/m0..../s1. The summed E-state index contributed by atoms with van der Waals surface area (Å²) in [4.78, 5) is 154. The van der Waals surface area contributed by atoms with Crippen LogP contribution in [-0.2, 0) is 92.0 Å². The number of thiophene rings is 1. The maximum atomic E-state index is 13.4. The van der Waals surface area contributed by atoms with Gasteiger partial charge in [-0.05, 0) is 217 Å². The molecule has 3 unspecified atom stereocenters. The Balaban J connectivity index is 0.000000151. The molecule has 37 heteroatoms. The van der Waals surface area contributed by atoms with E-state index in [-0.39, 0.29) is 56.4 Å². The van der Waals surface area contributed by atoms with Gasteiger partial charge >= 0.3 is 5.82 Å². The summed E-state index contributed by atoms with van der Waals surface area (Å²) in [6.45, 7) is 8.61. The lowest BCUT2D eigenvalue weighted by atomic mass is 9.98. The van der Waals surface area contributed by atoms with Crippen LogP contribution in [0.25, 0.3) is 5.00 Å². The molecule has 11 aromatic rings. The highest BCUT2D eigenvalue weighted by molar-refractivity contribution is 14.1. The number of benzene rings is 4. The number of aromatic nitrogens is 13. The van der Waals surface area contributed by atoms with E-state index in [9.17, 15) is 57.5 Å². The average molecular weight is 2130 g/mol. The molecule has 7 aliphatic heterocycles. The molecule has 3 fully saturated rings. The van der Waals surface area contributed by atoms with Crippen molar-refractivity contribution >= 4 is 150 Å². The van der Waals surface area contributed by atoms with Gasteiger partial charge in [0.25, 0.3) is 35.4 Å². The van der Waals surface area contributed by atoms with E-state index in [0.717, 1.165) is 187 Å². The van der Waals surface area contributed by atoms with Crippen LogP contribution in [0.4, 0.5) is 0 Å². The lowest BCUT2D eigenvalue weighted by Crippen LogP contribution is -2.54. The quantitative estimate of drug-likeness (QED) is 0.00915. The molecule has 676 valence electrons. The predicted octanol–water partition coefficient (Wildman–Crippen LogP) is 10.9. The summed E-state index contributed by atoms with van der Waals surface area (Å²) in [5.41, 5.74) is 15.0. The van der Waals surface area contributed by atoms with Gasteiger partial charge in [-0.2, -0.15) is 30.1 Å². The number of nitrogens with one attached hydrogen (secondary N) is 5. The zero-order chi connectivity index (χ0) is 92.4. The molecule has 4 aromatic carbocycles. The lowest BCUT2D eigenvalue weighted by Gasteiger charge is -2.27. The molecule has 7 aliphatic rings. The Labute approximate surface area is 799 Å². The second-order valence-corrected chi connectivity index (χ2v) is 37.0. The highest BCUT2D eigenvalue weighted by Crippen LogP contribution is 2.38. The molecule has 0 saturated carbocycles. The highest BCUT2D eigenvalue weighted by atomic mass is 127. The van der Waals surface area contributed by atoms with Gasteiger partial charge in [0.15, 0.2) is 5.00 Å². The van der Waals surface area contributed by atoms with Gasteiger partial charge in [0, 0.05) is 100 Å². The van der Waals surface area contributed by atoms with E-state index in [1.165, 1.54) is 14.7 Å². The molecular formula is C94H96I3N20O13S+. The fraction of sp³-hybridized carbons (Fsp3) is 0.351. The van der Waals surface area contributed by atoms with Gasteiger partial charge in [-0.1, -0.05) is 115 Å². The number of nitrogens with zero attached hydrogens (tertiary/aromatic N) is 14. The maximum absolute atomic E-state index is 13.4. The Hall–Kier alpha value is -12.2. The van der Waals surface area contributed by atoms with E-state index in [1.54, 1.807) is 66.3 Å². The van der Waals surface area contributed by atoms with Gasteiger partial charge < -0.3 is 10.5 Å². The van der Waals surface area contributed by atoms with E-state index in [1.807, 2.05) is 100 Å². The van der Waals surface area contributed by atoms with Crippen LogP contribution in [0.2, 0.25) is 0 Å². The first kappa shape index (κ1) is 94.9. The Morgan fingerprint density at radius 1 is 0.504 bits per heavy atom. The minimum atomic E-state index is -0.972. The smallest absolute Gasteiger partial charge is 0.311 e. The van der Waals surface area contributed by atoms with Crippen molar-refractivity contribution < 1.29 is 66.8 Å². The Kier molecular flexibility index (Phi) is 32.4. The van der Waals surface area contributed by atoms with E-state index in [4.69, 9.17) is 16.9 Å². The number of halogens is 3. The van der Waals surface area contributed by atoms with Crippen molar-refractivity contribution in [2.24, 2.45) is 5.73 Å². The first-order valence-electron chi connectivity index (χ1n) is 43.4. The highest BCUT2D eigenvalue weighted by Gasteiger charge is 2.49. The maximum Gasteiger partial charge on any atom is 0.311 e. The fourth-order valence-corrected chi connectivity index (χ4v) is 19.0. The van der Waals surface area contributed by atoms with Crippen LogP contribution in [0, 0.1) is 41.8 Å². The number of terminal acetylenes is 1. The molecular weight excluding hydrogens is 2030 g/mol. The van der Waals surface area contributed by atoms with E-state index < -0.39 is 77.2 Å². The number of aryl methyl sites for hydroxylation is 8. The number of imide groups is 6. The predicted molar refractivity (Wildman–Crippen MR) is 505 cm³/mol. The van der Waals surface area contributed by atoms with Crippen molar-refractivity contribution in [2.75, 3.05) is 6.54 Å². The van der Waals surface area contributed by atoms with Crippen LogP contribution in [-0.4, -0.2) is 170 Å². The number of carbonyl (C=O) groups excluding carboxylic acids is 12. The van der Waals surface area contributed by atoms with Crippen LogP contribution in [0.3, 0.4) is 0 Å². The second kappa shape index (κ2) is 44.6. The Bertz CT molecular complexity index is 6250. The van der Waals surface area contributed by atoms with Crippen molar-refractivity contribution in [3.8, 4) is 29.2 Å². The molecule has 7 aromatic heterocycles. The van der Waals surface area contributed by atoms with Crippen LogP contribution < -0.4 is 26.3 Å². The molecule has 0 bridgehead atoms. The van der Waals surface area contributed by atoms with Crippen LogP contribution >= 0.6 is 79.1 Å². The topological polar surface area (TPSA) is 418 Å². The molecule has 4 atom stereocenters. The Morgan fingerprint density at radius 2 is 0.939 bits per heavy atom. The number of aromatic amines is 2. The molecule has 18 rings (SSSR count). The van der Waals surface area contributed by atoms with Crippen molar-refractivity contribution in [1.29, 1.82) is 0 Å². The number of hydrogen-bond donors (Lipinski definition) is 6. The largest absolute Gasteiger partial charge is 0.362 e. The van der Waals surface area contributed by atoms with E-state index in [2.05, 4.69) is 171 Å². The summed E-state index contributed by atoms with van der Waals surface area (Å²) >= 11 is 8.33. The number of ether oxygens (including phenoxy) is 1. The molecule has 3 saturated heterocycles. The normalized spacial score (nSPS) is 17.1. The summed E-state index contributed by atoms with van der Waals surface area (Å²) in [5.74, 6) is 5.45. The number of unbranched alkanes of at least 4 members (excludes halogenated alkanes) is 7. The lowest BCUT2D eigenvalue weighted by molar-refractivity contribution is -0.610. The molecule has 131 heavy (non-hydrogen) atoms. The van der Waals surface area contributed by atoms with Crippen molar-refractivity contribution in [3.05, 3.63) is 252 Å².